The quantitative estimate of drug-likeness (QED) is 0.579. The van der Waals surface area contributed by atoms with Crippen molar-refractivity contribution in [1.29, 1.82) is 0 Å². The molecule has 1 atom stereocenters. The molecule has 1 rings (SSSR count). The van der Waals surface area contributed by atoms with Gasteiger partial charge in [-0.3, -0.25) is 0 Å². The molecule has 0 heterocycles. The van der Waals surface area contributed by atoms with Gasteiger partial charge in [-0.1, -0.05) is 41.0 Å². The average molecular weight is 154 g/mol. The van der Waals surface area contributed by atoms with E-state index >= 15 is 0 Å². The lowest BCUT2D eigenvalue weighted by Crippen LogP contribution is -2.27. The second-order valence-electron chi connectivity index (χ2n) is 5.22. The van der Waals surface area contributed by atoms with E-state index in [0.717, 1.165) is 5.92 Å². The zero-order chi connectivity index (χ0) is 8.70. The summed E-state index contributed by atoms with van der Waals surface area (Å²) < 4.78 is 0. The Morgan fingerprint density at radius 2 is 1.82 bits per heavy atom. The van der Waals surface area contributed by atoms with Crippen LogP contribution in [0, 0.1) is 16.7 Å². The Hall–Kier alpha value is 0. The molecule has 0 bridgehead atoms. The minimum absolute atomic E-state index is 0.547. The van der Waals surface area contributed by atoms with Gasteiger partial charge in [0.2, 0.25) is 0 Å². The van der Waals surface area contributed by atoms with E-state index in [1.807, 2.05) is 0 Å². The first kappa shape index (κ1) is 9.09. The number of hydrogen-bond donors (Lipinski definition) is 0. The van der Waals surface area contributed by atoms with Crippen molar-refractivity contribution in [3.63, 3.8) is 0 Å². The van der Waals surface area contributed by atoms with Crippen molar-refractivity contribution in [1.82, 2.24) is 0 Å². The van der Waals surface area contributed by atoms with Crippen LogP contribution in [0.5, 0.6) is 0 Å². The highest BCUT2D eigenvalue weighted by atomic mass is 14.5. The molecule has 0 spiro atoms. The highest BCUT2D eigenvalue weighted by molar-refractivity contribution is 4.97. The van der Waals surface area contributed by atoms with Crippen molar-refractivity contribution in [2.75, 3.05) is 0 Å². The van der Waals surface area contributed by atoms with Gasteiger partial charge in [0.1, 0.15) is 0 Å². The molecule has 0 radical (unpaired) electrons. The van der Waals surface area contributed by atoms with Crippen LogP contribution in [-0.2, 0) is 0 Å². The van der Waals surface area contributed by atoms with Gasteiger partial charge in [0.05, 0.1) is 0 Å². The van der Waals surface area contributed by atoms with Crippen LogP contribution in [0.15, 0.2) is 0 Å². The topological polar surface area (TPSA) is 0 Å². The van der Waals surface area contributed by atoms with E-state index in [0.29, 0.717) is 10.8 Å². The molecular weight excluding hydrogens is 132 g/mol. The highest BCUT2D eigenvalue weighted by Crippen LogP contribution is 2.57. The second kappa shape index (κ2) is 2.50. The molecule has 0 aromatic carbocycles. The molecule has 1 aliphatic carbocycles. The molecule has 0 N–H and O–H groups in total. The van der Waals surface area contributed by atoms with Gasteiger partial charge in [-0.25, -0.2) is 0 Å². The van der Waals surface area contributed by atoms with Crippen molar-refractivity contribution in [3.8, 4) is 0 Å². The molecule has 0 nitrogen and oxygen atoms in total. The highest BCUT2D eigenvalue weighted by Gasteiger charge is 2.47. The summed E-state index contributed by atoms with van der Waals surface area (Å²) >= 11 is 0. The Balaban J connectivity index is 2.59. The van der Waals surface area contributed by atoms with Crippen molar-refractivity contribution < 1.29 is 0 Å². The normalized spacial score (nSPS) is 24.8. The fraction of sp³-hybridized carbons (Fsp3) is 1.00. The molecule has 1 unspecified atom stereocenters. The number of rotatable bonds is 3. The third kappa shape index (κ3) is 1.60. The van der Waals surface area contributed by atoms with Crippen LogP contribution in [0.1, 0.15) is 53.9 Å². The first-order valence-corrected chi connectivity index (χ1v) is 4.92. The Morgan fingerprint density at radius 1 is 1.36 bits per heavy atom. The molecule has 1 fully saturated rings. The van der Waals surface area contributed by atoms with Crippen LogP contribution in [0.4, 0.5) is 0 Å². The van der Waals surface area contributed by atoms with Gasteiger partial charge in [-0.2, -0.15) is 0 Å². The smallest absolute Gasteiger partial charge is 0.0295 e. The SMILES string of the molecule is CCC(C)(C)C(C)C1(C)CC1. The van der Waals surface area contributed by atoms with Crippen LogP contribution in [-0.4, -0.2) is 0 Å². The van der Waals surface area contributed by atoms with E-state index in [1.54, 1.807) is 0 Å². The zero-order valence-electron chi connectivity index (χ0n) is 8.70. The molecule has 0 heteroatoms. The lowest BCUT2D eigenvalue weighted by atomic mass is 9.70. The minimum Gasteiger partial charge on any atom is -0.0649 e. The maximum Gasteiger partial charge on any atom is -0.0295 e. The van der Waals surface area contributed by atoms with E-state index < -0.39 is 0 Å². The van der Waals surface area contributed by atoms with E-state index in [2.05, 4.69) is 34.6 Å². The molecule has 66 valence electrons. The summed E-state index contributed by atoms with van der Waals surface area (Å²) in [6.45, 7) is 12.0. The molecule has 0 aromatic rings. The first-order valence-electron chi connectivity index (χ1n) is 4.92. The molecule has 0 amide bonds. The maximum absolute atomic E-state index is 2.44. The summed E-state index contributed by atoms with van der Waals surface area (Å²) in [4.78, 5) is 0. The van der Waals surface area contributed by atoms with E-state index in [4.69, 9.17) is 0 Å². The Bertz CT molecular complexity index is 140. The van der Waals surface area contributed by atoms with Crippen LogP contribution >= 0.6 is 0 Å². The molecule has 0 saturated heterocycles. The third-order valence-corrected chi connectivity index (χ3v) is 4.17. The van der Waals surface area contributed by atoms with Crippen LogP contribution < -0.4 is 0 Å². The van der Waals surface area contributed by atoms with E-state index in [-0.39, 0.29) is 0 Å². The summed E-state index contributed by atoms with van der Waals surface area (Å²) in [6.07, 6.45) is 4.22. The largest absolute Gasteiger partial charge is 0.0649 e. The fourth-order valence-corrected chi connectivity index (χ4v) is 1.88. The third-order valence-electron chi connectivity index (χ3n) is 4.17. The Labute approximate surface area is 71.4 Å². The lowest BCUT2D eigenvalue weighted by molar-refractivity contribution is 0.144. The maximum atomic E-state index is 2.44. The molecule has 1 aliphatic rings. The zero-order valence-corrected chi connectivity index (χ0v) is 8.70. The molecule has 1 saturated carbocycles. The van der Waals surface area contributed by atoms with Crippen molar-refractivity contribution in [3.05, 3.63) is 0 Å². The van der Waals surface area contributed by atoms with Crippen LogP contribution in [0.25, 0.3) is 0 Å². The van der Waals surface area contributed by atoms with Gasteiger partial charge >= 0.3 is 0 Å². The van der Waals surface area contributed by atoms with Crippen molar-refractivity contribution >= 4 is 0 Å². The predicted octanol–water partition coefficient (Wildman–Crippen LogP) is 3.86. The van der Waals surface area contributed by atoms with Gasteiger partial charge in [0.25, 0.3) is 0 Å². The van der Waals surface area contributed by atoms with Gasteiger partial charge in [-0.05, 0) is 29.6 Å². The summed E-state index contributed by atoms with van der Waals surface area (Å²) in [5.74, 6) is 0.889. The van der Waals surface area contributed by atoms with Gasteiger partial charge in [0.15, 0.2) is 0 Å². The average Bonchev–Trinajstić information content (AvgIpc) is 2.68. The minimum atomic E-state index is 0.547. The second-order valence-corrected chi connectivity index (χ2v) is 5.22. The molecule has 0 aliphatic heterocycles. The van der Waals surface area contributed by atoms with Gasteiger partial charge in [0, 0.05) is 0 Å². The fourth-order valence-electron chi connectivity index (χ4n) is 1.88. The monoisotopic (exact) mass is 154 g/mol. The van der Waals surface area contributed by atoms with Gasteiger partial charge in [-0.15, -0.1) is 0 Å². The standard InChI is InChI=1S/C11H22/c1-6-10(3,4)9(2)11(5)7-8-11/h9H,6-8H2,1-5H3. The Kier molecular flexibility index (Phi) is 2.07. The predicted molar refractivity (Wildman–Crippen MR) is 50.6 cm³/mol. The van der Waals surface area contributed by atoms with Crippen molar-refractivity contribution in [2.24, 2.45) is 16.7 Å². The van der Waals surface area contributed by atoms with E-state index in [9.17, 15) is 0 Å². The van der Waals surface area contributed by atoms with Gasteiger partial charge < -0.3 is 0 Å². The van der Waals surface area contributed by atoms with Crippen LogP contribution in [0.3, 0.4) is 0 Å². The number of hydrogen-bond acceptors (Lipinski definition) is 0. The molecule has 11 heavy (non-hydrogen) atoms. The lowest BCUT2D eigenvalue weighted by Gasteiger charge is -2.35. The Morgan fingerprint density at radius 3 is 2.09 bits per heavy atom. The van der Waals surface area contributed by atoms with Crippen LogP contribution in [0.2, 0.25) is 0 Å². The summed E-state index contributed by atoms with van der Waals surface area (Å²) in [6, 6.07) is 0. The molecule has 0 aromatic heterocycles. The first-order chi connectivity index (χ1) is 4.92. The summed E-state index contributed by atoms with van der Waals surface area (Å²) in [7, 11) is 0. The van der Waals surface area contributed by atoms with Crippen molar-refractivity contribution in [2.45, 2.75) is 53.9 Å². The molecular formula is C11H22. The summed E-state index contributed by atoms with van der Waals surface area (Å²) in [5.41, 5.74) is 1.24. The van der Waals surface area contributed by atoms with E-state index in [1.165, 1.54) is 19.3 Å². The summed E-state index contributed by atoms with van der Waals surface area (Å²) in [5, 5.41) is 0.